The van der Waals surface area contributed by atoms with E-state index in [2.05, 4.69) is 98.8 Å². The topological polar surface area (TPSA) is 0 Å². The first-order valence-electron chi connectivity index (χ1n) is 15.9. The van der Waals surface area contributed by atoms with Gasteiger partial charge in [-0.1, -0.05) is 152 Å². The number of rotatable bonds is 20. The lowest BCUT2D eigenvalue weighted by Gasteiger charge is -2.29. The summed E-state index contributed by atoms with van der Waals surface area (Å²) in [5.41, 5.74) is 1.59. The molecule has 0 spiro atoms. The molecule has 0 saturated heterocycles. The summed E-state index contributed by atoms with van der Waals surface area (Å²) >= 11 is 0. The van der Waals surface area contributed by atoms with Gasteiger partial charge in [0.15, 0.2) is 0 Å². The van der Waals surface area contributed by atoms with Gasteiger partial charge in [-0.3, -0.25) is 0 Å². The highest BCUT2D eigenvalue weighted by Gasteiger charge is 2.45. The van der Waals surface area contributed by atoms with Crippen LogP contribution in [0.3, 0.4) is 0 Å². The van der Waals surface area contributed by atoms with Gasteiger partial charge in [-0.05, 0) is 55.2 Å². The van der Waals surface area contributed by atoms with Crippen molar-refractivity contribution in [2.75, 3.05) is 6.16 Å². The molecule has 0 saturated carbocycles. The highest BCUT2D eigenvalue weighted by atomic mass is 31.2. The zero-order valence-electron chi connectivity index (χ0n) is 24.6. The molecule has 0 heterocycles. The third kappa shape index (κ3) is 9.38. The second-order valence-electron chi connectivity index (χ2n) is 11.2. The number of aryl methyl sites for hydroxylation is 1. The Bertz CT molecular complexity index is 938. The molecule has 0 atom stereocenters. The zero-order valence-corrected chi connectivity index (χ0v) is 25.4. The highest BCUT2D eigenvalue weighted by molar-refractivity contribution is 7.95. The molecule has 0 unspecified atom stereocenters. The molecule has 0 radical (unpaired) electrons. The molecule has 38 heavy (non-hydrogen) atoms. The SMILES string of the molecule is CCCCCCCCCCCCCCCc1ccccc1[P+](CCCC)(c1ccccc1)c1ccccc1. The molecule has 0 N–H and O–H groups in total. The van der Waals surface area contributed by atoms with Crippen LogP contribution < -0.4 is 15.9 Å². The van der Waals surface area contributed by atoms with Gasteiger partial charge >= 0.3 is 0 Å². The monoisotopic (exact) mass is 529 g/mol. The van der Waals surface area contributed by atoms with E-state index < -0.39 is 7.26 Å². The average Bonchev–Trinajstić information content (AvgIpc) is 2.97. The molecule has 0 amide bonds. The van der Waals surface area contributed by atoms with Crippen molar-refractivity contribution in [3.8, 4) is 0 Å². The number of hydrogen-bond acceptors (Lipinski definition) is 0. The number of unbranched alkanes of at least 4 members (excludes halogenated alkanes) is 13. The van der Waals surface area contributed by atoms with Crippen molar-refractivity contribution in [1.82, 2.24) is 0 Å². The molecule has 0 nitrogen and oxygen atoms in total. The normalized spacial score (nSPS) is 11.6. The van der Waals surface area contributed by atoms with E-state index in [1.165, 1.54) is 120 Å². The van der Waals surface area contributed by atoms with E-state index in [-0.39, 0.29) is 0 Å². The van der Waals surface area contributed by atoms with Crippen LogP contribution >= 0.6 is 7.26 Å². The fourth-order valence-corrected chi connectivity index (χ4v) is 10.8. The van der Waals surface area contributed by atoms with Crippen LogP contribution in [-0.2, 0) is 6.42 Å². The lowest BCUT2D eigenvalue weighted by Crippen LogP contribution is -2.35. The van der Waals surface area contributed by atoms with Crippen LogP contribution in [0.15, 0.2) is 84.9 Å². The van der Waals surface area contributed by atoms with E-state index in [0.717, 1.165) is 0 Å². The number of hydrogen-bond donors (Lipinski definition) is 0. The van der Waals surface area contributed by atoms with Crippen molar-refractivity contribution < 1.29 is 0 Å². The fraction of sp³-hybridized carbons (Fsp3) is 0.514. The van der Waals surface area contributed by atoms with E-state index in [0.29, 0.717) is 0 Å². The van der Waals surface area contributed by atoms with Crippen LogP contribution in [0.1, 0.15) is 116 Å². The van der Waals surface area contributed by atoms with E-state index in [4.69, 9.17) is 0 Å². The summed E-state index contributed by atoms with van der Waals surface area (Å²) in [4.78, 5) is 0. The standard InChI is InChI=1S/C37H54P/c1-3-5-7-8-9-10-11-12-13-14-15-16-19-26-34-27-24-25-32-37(34)38(33-6-4-2,35-28-20-17-21-29-35)36-30-22-18-23-31-36/h17-18,20-25,27-32H,3-16,19,26,33H2,1-2H3/q+1. The molecular formula is C37H54P+. The Morgan fingerprint density at radius 1 is 0.421 bits per heavy atom. The molecule has 206 valence electrons. The number of benzene rings is 3. The van der Waals surface area contributed by atoms with Crippen LogP contribution in [0.25, 0.3) is 0 Å². The third-order valence-corrected chi connectivity index (χ3v) is 12.8. The van der Waals surface area contributed by atoms with Crippen LogP contribution in [0.5, 0.6) is 0 Å². The maximum atomic E-state index is 2.47. The minimum Gasteiger partial charge on any atom is -0.0654 e. The largest absolute Gasteiger partial charge is 0.112 e. The summed E-state index contributed by atoms with van der Waals surface area (Å²) in [5, 5.41) is 4.71. The highest BCUT2D eigenvalue weighted by Crippen LogP contribution is 2.56. The average molecular weight is 530 g/mol. The first-order chi connectivity index (χ1) is 18.8. The third-order valence-electron chi connectivity index (χ3n) is 8.19. The van der Waals surface area contributed by atoms with Gasteiger partial charge in [-0.2, -0.15) is 0 Å². The van der Waals surface area contributed by atoms with E-state index in [1.54, 1.807) is 10.9 Å². The molecular weight excluding hydrogens is 475 g/mol. The maximum Gasteiger partial charge on any atom is 0.112 e. The summed E-state index contributed by atoms with van der Waals surface area (Å²) in [5.74, 6) is 0. The molecule has 0 aliphatic heterocycles. The first kappa shape index (κ1) is 30.6. The lowest BCUT2D eigenvalue weighted by molar-refractivity contribution is 0.539. The van der Waals surface area contributed by atoms with E-state index in [1.807, 2.05) is 0 Å². The summed E-state index contributed by atoms with van der Waals surface area (Å²) in [6, 6.07) is 32.4. The Kier molecular flexibility index (Phi) is 14.8. The second-order valence-corrected chi connectivity index (χ2v) is 14.8. The van der Waals surface area contributed by atoms with Gasteiger partial charge in [0.1, 0.15) is 23.2 Å². The first-order valence-corrected chi connectivity index (χ1v) is 17.9. The summed E-state index contributed by atoms with van der Waals surface area (Å²) in [6.45, 7) is 4.64. The molecule has 3 aromatic carbocycles. The molecule has 0 aliphatic rings. The van der Waals surface area contributed by atoms with Gasteiger partial charge in [-0.15, -0.1) is 0 Å². The van der Waals surface area contributed by atoms with Crippen molar-refractivity contribution in [3.05, 3.63) is 90.5 Å². The molecule has 3 aromatic rings. The molecule has 3 rings (SSSR count). The van der Waals surface area contributed by atoms with Crippen LogP contribution in [-0.4, -0.2) is 6.16 Å². The Morgan fingerprint density at radius 3 is 1.34 bits per heavy atom. The summed E-state index contributed by atoms with van der Waals surface area (Å²) in [6.07, 6.45) is 23.3. The second kappa shape index (κ2) is 18.4. The van der Waals surface area contributed by atoms with Crippen LogP contribution in [0.4, 0.5) is 0 Å². The van der Waals surface area contributed by atoms with Crippen molar-refractivity contribution in [1.29, 1.82) is 0 Å². The van der Waals surface area contributed by atoms with Crippen LogP contribution in [0.2, 0.25) is 0 Å². The predicted molar refractivity (Wildman–Crippen MR) is 174 cm³/mol. The zero-order chi connectivity index (χ0) is 26.7. The van der Waals surface area contributed by atoms with Crippen LogP contribution in [0, 0.1) is 0 Å². The van der Waals surface area contributed by atoms with Gasteiger partial charge in [0.05, 0.1) is 6.16 Å². The van der Waals surface area contributed by atoms with Gasteiger partial charge in [0, 0.05) is 0 Å². The van der Waals surface area contributed by atoms with E-state index >= 15 is 0 Å². The molecule has 0 bridgehead atoms. The molecule has 0 aliphatic carbocycles. The Labute approximate surface area is 236 Å². The Morgan fingerprint density at radius 2 is 0.842 bits per heavy atom. The van der Waals surface area contributed by atoms with Crippen molar-refractivity contribution in [2.24, 2.45) is 0 Å². The molecule has 0 fully saturated rings. The Hall–Kier alpha value is -1.91. The Balaban J connectivity index is 1.61. The fourth-order valence-electron chi connectivity index (χ4n) is 5.99. The smallest absolute Gasteiger partial charge is 0.0654 e. The minimum atomic E-state index is -1.69. The lowest BCUT2D eigenvalue weighted by atomic mass is 10.0. The minimum absolute atomic E-state index is 1.21. The van der Waals surface area contributed by atoms with Gasteiger partial charge < -0.3 is 0 Å². The predicted octanol–water partition coefficient (Wildman–Crippen LogP) is 10.4. The van der Waals surface area contributed by atoms with Gasteiger partial charge in [0.2, 0.25) is 0 Å². The molecule has 0 aromatic heterocycles. The van der Waals surface area contributed by atoms with E-state index in [9.17, 15) is 0 Å². The quantitative estimate of drug-likeness (QED) is 0.101. The van der Waals surface area contributed by atoms with Crippen molar-refractivity contribution in [3.63, 3.8) is 0 Å². The van der Waals surface area contributed by atoms with Crippen molar-refractivity contribution >= 4 is 23.2 Å². The summed E-state index contributed by atoms with van der Waals surface area (Å²) < 4.78 is 0. The van der Waals surface area contributed by atoms with Gasteiger partial charge in [-0.25, -0.2) is 0 Å². The van der Waals surface area contributed by atoms with Crippen molar-refractivity contribution in [2.45, 2.75) is 117 Å². The maximum absolute atomic E-state index is 2.47. The summed E-state index contributed by atoms with van der Waals surface area (Å²) in [7, 11) is -1.69. The van der Waals surface area contributed by atoms with Gasteiger partial charge in [0.25, 0.3) is 0 Å². The molecule has 1 heteroatoms.